The van der Waals surface area contributed by atoms with Gasteiger partial charge in [-0.05, 0) is 168 Å². The van der Waals surface area contributed by atoms with Crippen LogP contribution in [0.3, 0.4) is 0 Å². The predicted octanol–water partition coefficient (Wildman–Crippen LogP) is 17.0. The van der Waals surface area contributed by atoms with E-state index in [0.29, 0.717) is 37.3 Å². The van der Waals surface area contributed by atoms with Gasteiger partial charge in [0.1, 0.15) is 0 Å². The number of rotatable bonds is 33. The van der Waals surface area contributed by atoms with Crippen molar-refractivity contribution >= 4 is 0 Å². The lowest BCUT2D eigenvalue weighted by atomic mass is 9.48. The average Bonchev–Trinajstić information content (AvgIpc) is 3.88. The molecule has 0 aromatic rings. The minimum absolute atomic E-state index is 0.0700. The summed E-state index contributed by atoms with van der Waals surface area (Å²) in [5.74, 6) is 6.25. The van der Waals surface area contributed by atoms with Gasteiger partial charge >= 0.3 is 0 Å². The van der Waals surface area contributed by atoms with Crippen LogP contribution in [0.15, 0.2) is 36.0 Å². The normalized spacial score (nSPS) is 32.4. The fourth-order valence-corrected chi connectivity index (χ4v) is 13.8. The third-order valence-corrected chi connectivity index (χ3v) is 17.9. The lowest BCUT2D eigenvalue weighted by Gasteiger charge is -2.57. The van der Waals surface area contributed by atoms with E-state index in [2.05, 4.69) is 78.8 Å². The quantitative estimate of drug-likeness (QED) is 0.0486. The van der Waals surface area contributed by atoms with E-state index >= 15 is 0 Å². The first-order valence-electron chi connectivity index (χ1n) is 28.0. The van der Waals surface area contributed by atoms with Gasteiger partial charge in [0.15, 0.2) is 0 Å². The average molecular weight is 877 g/mol. The molecule has 5 rings (SSSR count). The van der Waals surface area contributed by atoms with Gasteiger partial charge in [0, 0.05) is 6.61 Å². The van der Waals surface area contributed by atoms with Crippen LogP contribution in [0.25, 0.3) is 0 Å². The highest BCUT2D eigenvalue weighted by Crippen LogP contribution is 2.66. The summed E-state index contributed by atoms with van der Waals surface area (Å²) in [6.45, 7) is 21.3. The molecule has 4 saturated carbocycles. The van der Waals surface area contributed by atoms with Crippen molar-refractivity contribution in [3.63, 3.8) is 0 Å². The molecule has 4 fully saturated rings. The Morgan fingerprint density at radius 2 is 1.40 bits per heavy atom. The molecule has 5 aliphatic carbocycles. The Labute approximate surface area is 391 Å². The van der Waals surface area contributed by atoms with Crippen LogP contribution < -0.4 is 0 Å². The first-order valence-corrected chi connectivity index (χ1v) is 28.0. The summed E-state index contributed by atoms with van der Waals surface area (Å²) in [6, 6.07) is 0. The Bertz CT molecular complexity index is 1320. The van der Waals surface area contributed by atoms with E-state index < -0.39 is 0 Å². The molecule has 0 N–H and O–H groups in total. The fraction of sp³-hybridized carbons (Fsp3) is 0.898. The van der Waals surface area contributed by atoms with Crippen molar-refractivity contribution in [2.75, 3.05) is 39.6 Å². The number of fused-ring (bicyclic) bond motifs is 5. The van der Waals surface area contributed by atoms with Crippen molar-refractivity contribution in [3.05, 3.63) is 36.0 Å². The molecule has 0 aliphatic heterocycles. The van der Waals surface area contributed by atoms with Gasteiger partial charge in [0.05, 0.1) is 44.7 Å². The monoisotopic (exact) mass is 877 g/mol. The molecule has 7 unspecified atom stereocenters. The van der Waals surface area contributed by atoms with E-state index in [1.54, 1.807) is 5.57 Å². The van der Waals surface area contributed by atoms with Crippen molar-refractivity contribution in [2.24, 2.45) is 52.3 Å². The van der Waals surface area contributed by atoms with Crippen LogP contribution in [0.5, 0.6) is 0 Å². The molecule has 5 aliphatic rings. The number of ether oxygens (including phenoxy) is 4. The molecular weight excluding hydrogens is 773 g/mol. The number of allylic oxidation sites excluding steroid dienone is 5. The highest BCUT2D eigenvalue weighted by Gasteiger charge is 2.57. The molecular formula is C59H104O4. The van der Waals surface area contributed by atoms with E-state index in [1.165, 1.54) is 161 Å². The third kappa shape index (κ3) is 17.3. The summed E-state index contributed by atoms with van der Waals surface area (Å²) in [4.78, 5) is 0. The van der Waals surface area contributed by atoms with Crippen LogP contribution in [0.1, 0.15) is 235 Å². The van der Waals surface area contributed by atoms with Crippen molar-refractivity contribution < 1.29 is 18.9 Å². The molecule has 0 aromatic carbocycles. The molecule has 10 atom stereocenters. The van der Waals surface area contributed by atoms with Crippen molar-refractivity contribution in [3.8, 4) is 0 Å². The highest BCUT2D eigenvalue weighted by atomic mass is 16.6. The first kappa shape index (κ1) is 53.0. The smallest absolute Gasteiger partial charge is 0.0812 e. The van der Waals surface area contributed by atoms with Gasteiger partial charge in [-0.3, -0.25) is 0 Å². The standard InChI is InChI=1S/C59H104O4/c1-8-10-11-12-13-14-15-16-17-18-19-20-21-22-23-26-39-61-47-52(45-50-29-28-49(9-2)44-50)62-42-40-60-41-43-63-58(6)37-38-59(7)51(46-58)30-31-53-54-34-36-57(5,35-25-24-27-48(3)4)55(54)32-33-56(53)59/h13-14,16-17,30,48-50,52-56H,8-12,15,18-29,31-47H2,1-7H3/t49?,50?,52?,53?,54?,55?,56?,57-,58-,59-/m0/s1. The van der Waals surface area contributed by atoms with Crippen LogP contribution in [0, 0.1) is 52.3 Å². The fourth-order valence-electron chi connectivity index (χ4n) is 13.8. The largest absolute Gasteiger partial charge is 0.379 e. The van der Waals surface area contributed by atoms with Crippen molar-refractivity contribution in [2.45, 2.75) is 246 Å². The number of hydrogen-bond donors (Lipinski definition) is 0. The second-order valence-electron chi connectivity index (χ2n) is 23.3. The molecule has 364 valence electrons. The number of hydrogen-bond acceptors (Lipinski definition) is 4. The van der Waals surface area contributed by atoms with E-state index in [1.807, 2.05) is 0 Å². The lowest BCUT2D eigenvalue weighted by Crippen LogP contribution is -2.50. The van der Waals surface area contributed by atoms with Gasteiger partial charge in [0.2, 0.25) is 0 Å². The maximum atomic E-state index is 6.71. The minimum Gasteiger partial charge on any atom is -0.379 e. The summed E-state index contributed by atoms with van der Waals surface area (Å²) in [5.41, 5.74) is 2.63. The predicted molar refractivity (Wildman–Crippen MR) is 269 cm³/mol. The second-order valence-corrected chi connectivity index (χ2v) is 23.3. The molecule has 0 radical (unpaired) electrons. The van der Waals surface area contributed by atoms with Crippen LogP contribution in [-0.4, -0.2) is 51.3 Å². The summed E-state index contributed by atoms with van der Waals surface area (Å²) < 4.78 is 25.6. The Morgan fingerprint density at radius 3 is 2.16 bits per heavy atom. The molecule has 0 amide bonds. The zero-order chi connectivity index (χ0) is 44.8. The van der Waals surface area contributed by atoms with Gasteiger partial charge in [-0.25, -0.2) is 0 Å². The molecule has 63 heavy (non-hydrogen) atoms. The Hall–Kier alpha value is -0.940. The second kappa shape index (κ2) is 28.4. The van der Waals surface area contributed by atoms with E-state index in [-0.39, 0.29) is 11.7 Å². The van der Waals surface area contributed by atoms with Gasteiger partial charge in [-0.15, -0.1) is 0 Å². The third-order valence-electron chi connectivity index (χ3n) is 17.9. The molecule has 0 heterocycles. The SMILES string of the molecule is CCCCCC=CCC=CCCCCCCCCOCC(CC1CCC(CC)C1)OCCOCCO[C@@]1(C)CC[C@@]2(C)C(=CCC3C4CC[C@](C)(CCCCC(C)C)C4CCC32)C1. The Kier molecular flexibility index (Phi) is 23.9. The Balaban J connectivity index is 0.930. The van der Waals surface area contributed by atoms with Gasteiger partial charge < -0.3 is 18.9 Å². The van der Waals surface area contributed by atoms with E-state index in [4.69, 9.17) is 18.9 Å². The maximum Gasteiger partial charge on any atom is 0.0812 e. The van der Waals surface area contributed by atoms with Crippen LogP contribution in [-0.2, 0) is 18.9 Å². The number of unbranched alkanes of at least 4 members (excludes halogenated alkanes) is 10. The van der Waals surface area contributed by atoms with Crippen molar-refractivity contribution in [1.82, 2.24) is 0 Å². The van der Waals surface area contributed by atoms with Crippen molar-refractivity contribution in [1.29, 1.82) is 0 Å². The van der Waals surface area contributed by atoms with Gasteiger partial charge in [0.25, 0.3) is 0 Å². The maximum absolute atomic E-state index is 6.71. The summed E-state index contributed by atoms with van der Waals surface area (Å²) in [7, 11) is 0. The summed E-state index contributed by atoms with van der Waals surface area (Å²) in [6.07, 6.45) is 50.8. The van der Waals surface area contributed by atoms with E-state index in [0.717, 1.165) is 80.3 Å². The first-order chi connectivity index (χ1) is 30.6. The highest BCUT2D eigenvalue weighted by molar-refractivity contribution is 5.26. The zero-order valence-electron chi connectivity index (χ0n) is 42.9. The molecule has 0 bridgehead atoms. The van der Waals surface area contributed by atoms with Crippen LogP contribution in [0.2, 0.25) is 0 Å². The lowest BCUT2D eigenvalue weighted by molar-refractivity contribution is -0.100. The Morgan fingerprint density at radius 1 is 0.667 bits per heavy atom. The molecule has 4 nitrogen and oxygen atoms in total. The molecule has 0 saturated heterocycles. The topological polar surface area (TPSA) is 36.9 Å². The summed E-state index contributed by atoms with van der Waals surface area (Å²) in [5, 5.41) is 0. The molecule has 0 spiro atoms. The van der Waals surface area contributed by atoms with E-state index in [9.17, 15) is 0 Å². The molecule has 4 heteroatoms. The van der Waals surface area contributed by atoms with Gasteiger partial charge in [-0.2, -0.15) is 0 Å². The summed E-state index contributed by atoms with van der Waals surface area (Å²) >= 11 is 0. The van der Waals surface area contributed by atoms with Gasteiger partial charge in [-0.1, -0.05) is 155 Å². The van der Waals surface area contributed by atoms with Crippen LogP contribution >= 0.6 is 0 Å². The minimum atomic E-state index is -0.0700. The molecule has 0 aromatic heterocycles. The van der Waals surface area contributed by atoms with Crippen LogP contribution in [0.4, 0.5) is 0 Å². The zero-order valence-corrected chi connectivity index (χ0v) is 42.9.